The van der Waals surface area contributed by atoms with Gasteiger partial charge in [-0.15, -0.1) is 11.6 Å². The molecule has 0 aromatic heterocycles. The second kappa shape index (κ2) is 5.31. The van der Waals surface area contributed by atoms with Crippen LogP contribution in [-0.4, -0.2) is 16.4 Å². The van der Waals surface area contributed by atoms with Crippen LogP contribution in [-0.2, 0) is 0 Å². The van der Waals surface area contributed by atoms with Gasteiger partial charge in [0.2, 0.25) is 0 Å². The average Bonchev–Trinajstić information content (AvgIpc) is 1.85. The lowest BCUT2D eigenvalue weighted by Crippen LogP contribution is -2.09. The summed E-state index contributed by atoms with van der Waals surface area (Å²) in [5.41, 5.74) is 0. The quantitative estimate of drug-likeness (QED) is 0.614. The van der Waals surface area contributed by atoms with E-state index in [0.717, 1.165) is 5.88 Å². The molecule has 0 fully saturated rings. The SMILES string of the molecule is CC(CCl)CCSC(C)(C)C. The molecule has 0 aromatic rings. The summed E-state index contributed by atoms with van der Waals surface area (Å²) in [6.07, 6.45) is 1.24. The van der Waals surface area contributed by atoms with Crippen molar-refractivity contribution in [2.75, 3.05) is 11.6 Å². The summed E-state index contributed by atoms with van der Waals surface area (Å²) >= 11 is 7.71. The Morgan fingerprint density at radius 3 is 2.27 bits per heavy atom. The fraction of sp³-hybridized carbons (Fsp3) is 1.00. The molecule has 0 heterocycles. The summed E-state index contributed by atoms with van der Waals surface area (Å²) in [5, 5.41) is 0. The van der Waals surface area contributed by atoms with Gasteiger partial charge in [-0.3, -0.25) is 0 Å². The van der Waals surface area contributed by atoms with E-state index < -0.39 is 0 Å². The van der Waals surface area contributed by atoms with Gasteiger partial charge < -0.3 is 0 Å². The van der Waals surface area contributed by atoms with Gasteiger partial charge in [-0.25, -0.2) is 0 Å². The van der Waals surface area contributed by atoms with Crippen molar-refractivity contribution in [2.24, 2.45) is 5.92 Å². The maximum Gasteiger partial charge on any atom is 0.0249 e. The van der Waals surface area contributed by atoms with Crippen molar-refractivity contribution in [2.45, 2.75) is 38.9 Å². The minimum atomic E-state index is 0.409. The van der Waals surface area contributed by atoms with Gasteiger partial charge in [0.1, 0.15) is 0 Å². The monoisotopic (exact) mass is 194 g/mol. The van der Waals surface area contributed by atoms with E-state index in [2.05, 4.69) is 27.7 Å². The third-order valence-electron chi connectivity index (χ3n) is 1.41. The Balaban J connectivity index is 3.28. The normalized spacial score (nSPS) is 15.0. The fourth-order valence-corrected chi connectivity index (χ4v) is 1.93. The molecule has 0 amide bonds. The van der Waals surface area contributed by atoms with Gasteiger partial charge in [0.25, 0.3) is 0 Å². The van der Waals surface area contributed by atoms with Crippen LogP contribution in [0.2, 0.25) is 0 Å². The molecule has 1 unspecified atom stereocenters. The summed E-state index contributed by atoms with van der Waals surface area (Å²) in [6, 6.07) is 0. The third-order valence-corrected chi connectivity index (χ3v) is 3.24. The number of alkyl halides is 1. The minimum Gasteiger partial charge on any atom is -0.156 e. The summed E-state index contributed by atoms with van der Waals surface area (Å²) in [4.78, 5) is 0. The van der Waals surface area contributed by atoms with E-state index in [0.29, 0.717) is 10.7 Å². The van der Waals surface area contributed by atoms with Gasteiger partial charge in [-0.05, 0) is 18.1 Å². The van der Waals surface area contributed by atoms with Gasteiger partial charge in [0.15, 0.2) is 0 Å². The van der Waals surface area contributed by atoms with Gasteiger partial charge in [0, 0.05) is 10.6 Å². The molecule has 11 heavy (non-hydrogen) atoms. The number of hydrogen-bond donors (Lipinski definition) is 0. The minimum absolute atomic E-state index is 0.409. The van der Waals surface area contributed by atoms with Crippen LogP contribution in [0.15, 0.2) is 0 Å². The zero-order valence-electron chi connectivity index (χ0n) is 7.98. The Morgan fingerprint density at radius 2 is 1.91 bits per heavy atom. The number of hydrogen-bond acceptors (Lipinski definition) is 1. The molecule has 68 valence electrons. The Morgan fingerprint density at radius 1 is 1.36 bits per heavy atom. The molecule has 0 aliphatic heterocycles. The summed E-state index contributed by atoms with van der Waals surface area (Å²) < 4.78 is 0.409. The van der Waals surface area contributed by atoms with E-state index >= 15 is 0 Å². The highest BCUT2D eigenvalue weighted by Gasteiger charge is 2.10. The van der Waals surface area contributed by atoms with Gasteiger partial charge >= 0.3 is 0 Å². The van der Waals surface area contributed by atoms with Crippen molar-refractivity contribution in [3.63, 3.8) is 0 Å². The molecule has 0 aliphatic carbocycles. The predicted molar refractivity (Wildman–Crippen MR) is 56.7 cm³/mol. The van der Waals surface area contributed by atoms with E-state index in [1.165, 1.54) is 12.2 Å². The molecule has 0 aliphatic rings. The Kier molecular flexibility index (Phi) is 5.62. The van der Waals surface area contributed by atoms with Crippen LogP contribution in [0.3, 0.4) is 0 Å². The lowest BCUT2D eigenvalue weighted by molar-refractivity contribution is 0.636. The Bertz CT molecular complexity index is 96.2. The molecular formula is C9H19ClS. The van der Waals surface area contributed by atoms with Crippen molar-refractivity contribution in [3.05, 3.63) is 0 Å². The van der Waals surface area contributed by atoms with Crippen LogP contribution < -0.4 is 0 Å². The van der Waals surface area contributed by atoms with Gasteiger partial charge in [-0.2, -0.15) is 11.8 Å². The lowest BCUT2D eigenvalue weighted by atomic mass is 10.2. The van der Waals surface area contributed by atoms with Crippen molar-refractivity contribution in [3.8, 4) is 0 Å². The number of halogens is 1. The molecule has 0 N–H and O–H groups in total. The summed E-state index contributed by atoms with van der Waals surface area (Å²) in [5.74, 6) is 2.70. The van der Waals surface area contributed by atoms with Crippen LogP contribution in [0.25, 0.3) is 0 Å². The molecule has 2 heteroatoms. The molecule has 0 rings (SSSR count). The van der Waals surface area contributed by atoms with Crippen LogP contribution in [0.4, 0.5) is 0 Å². The van der Waals surface area contributed by atoms with Crippen LogP contribution >= 0.6 is 23.4 Å². The van der Waals surface area contributed by atoms with Crippen molar-refractivity contribution >= 4 is 23.4 Å². The Hall–Kier alpha value is 0.640. The Labute approximate surface area is 80.1 Å². The average molecular weight is 195 g/mol. The summed E-state index contributed by atoms with van der Waals surface area (Å²) in [7, 11) is 0. The largest absolute Gasteiger partial charge is 0.156 e. The fourth-order valence-electron chi connectivity index (χ4n) is 0.643. The molecule has 0 saturated carbocycles. The lowest BCUT2D eigenvalue weighted by Gasteiger charge is -2.18. The number of thioether (sulfide) groups is 1. The topological polar surface area (TPSA) is 0 Å². The standard InChI is InChI=1S/C9H19ClS/c1-8(7-10)5-6-11-9(2,3)4/h8H,5-7H2,1-4H3. The predicted octanol–water partition coefficient (Wildman–Crippen LogP) is 3.78. The molecular weight excluding hydrogens is 176 g/mol. The first-order valence-corrected chi connectivity index (χ1v) is 5.67. The molecule has 0 spiro atoms. The first-order chi connectivity index (χ1) is 4.95. The second-order valence-corrected chi connectivity index (χ2v) is 6.24. The highest BCUT2D eigenvalue weighted by Crippen LogP contribution is 2.25. The third kappa shape index (κ3) is 8.55. The first-order valence-electron chi connectivity index (χ1n) is 4.15. The smallest absolute Gasteiger partial charge is 0.0249 e. The summed E-state index contributed by atoms with van der Waals surface area (Å²) in [6.45, 7) is 8.96. The van der Waals surface area contributed by atoms with Gasteiger partial charge in [-0.1, -0.05) is 27.7 Å². The van der Waals surface area contributed by atoms with Crippen LogP contribution in [0.5, 0.6) is 0 Å². The molecule has 0 aromatic carbocycles. The van der Waals surface area contributed by atoms with E-state index in [1.54, 1.807) is 0 Å². The zero-order chi connectivity index (χ0) is 8.91. The highest BCUT2D eigenvalue weighted by molar-refractivity contribution is 8.00. The second-order valence-electron chi connectivity index (χ2n) is 4.01. The molecule has 0 nitrogen and oxygen atoms in total. The van der Waals surface area contributed by atoms with E-state index in [4.69, 9.17) is 11.6 Å². The van der Waals surface area contributed by atoms with Crippen LogP contribution in [0.1, 0.15) is 34.1 Å². The maximum absolute atomic E-state index is 5.69. The zero-order valence-corrected chi connectivity index (χ0v) is 9.56. The molecule has 0 radical (unpaired) electrons. The van der Waals surface area contributed by atoms with Crippen molar-refractivity contribution in [1.82, 2.24) is 0 Å². The number of rotatable bonds is 4. The van der Waals surface area contributed by atoms with Crippen molar-refractivity contribution < 1.29 is 0 Å². The van der Waals surface area contributed by atoms with E-state index in [9.17, 15) is 0 Å². The first kappa shape index (κ1) is 11.6. The van der Waals surface area contributed by atoms with Crippen molar-refractivity contribution in [1.29, 1.82) is 0 Å². The van der Waals surface area contributed by atoms with Gasteiger partial charge in [0.05, 0.1) is 0 Å². The molecule has 0 saturated heterocycles. The van der Waals surface area contributed by atoms with E-state index in [1.807, 2.05) is 11.8 Å². The molecule has 0 bridgehead atoms. The highest BCUT2D eigenvalue weighted by atomic mass is 35.5. The van der Waals surface area contributed by atoms with E-state index in [-0.39, 0.29) is 0 Å². The maximum atomic E-state index is 5.69. The van der Waals surface area contributed by atoms with Crippen LogP contribution in [0, 0.1) is 5.92 Å². The molecule has 1 atom stereocenters.